The molecule has 0 amide bonds. The summed E-state index contributed by atoms with van der Waals surface area (Å²) in [6.07, 6.45) is 0. The van der Waals surface area contributed by atoms with Crippen molar-refractivity contribution >= 4 is 0 Å². The van der Waals surface area contributed by atoms with Crippen molar-refractivity contribution in [2.75, 3.05) is 27.2 Å². The lowest BCUT2D eigenvalue weighted by Crippen LogP contribution is -2.19. The van der Waals surface area contributed by atoms with Crippen LogP contribution >= 0.6 is 0 Å². The minimum absolute atomic E-state index is 0.514. The molecule has 1 aromatic carbocycles. The van der Waals surface area contributed by atoms with Crippen LogP contribution in [0.1, 0.15) is 25.3 Å². The Morgan fingerprint density at radius 3 is 2.47 bits per heavy atom. The van der Waals surface area contributed by atoms with Crippen molar-refractivity contribution in [3.63, 3.8) is 0 Å². The lowest BCUT2D eigenvalue weighted by Gasteiger charge is -2.15. The molecule has 0 aliphatic heterocycles. The maximum atomic E-state index is 5.77. The van der Waals surface area contributed by atoms with Gasteiger partial charge >= 0.3 is 0 Å². The van der Waals surface area contributed by atoms with Gasteiger partial charge in [-0.15, -0.1) is 0 Å². The van der Waals surface area contributed by atoms with Crippen LogP contribution in [0.4, 0.5) is 0 Å². The van der Waals surface area contributed by atoms with E-state index in [0.717, 1.165) is 18.9 Å². The van der Waals surface area contributed by atoms with E-state index >= 15 is 0 Å². The molecule has 15 heavy (non-hydrogen) atoms. The van der Waals surface area contributed by atoms with E-state index in [2.05, 4.69) is 45.0 Å². The van der Waals surface area contributed by atoms with Crippen LogP contribution in [-0.2, 0) is 0 Å². The third-order valence-corrected chi connectivity index (χ3v) is 2.34. The molecule has 2 heteroatoms. The molecule has 0 aromatic heterocycles. The standard InChI is InChI=1S/C13H21NO/c1-11(2)12-7-5-6-8-13(12)15-10-9-14(3)4/h5-8,11H,9-10H2,1-4H3. The van der Waals surface area contributed by atoms with Crippen LogP contribution in [0.5, 0.6) is 5.75 Å². The van der Waals surface area contributed by atoms with E-state index in [0.29, 0.717) is 5.92 Å². The van der Waals surface area contributed by atoms with Crippen LogP contribution in [0.15, 0.2) is 24.3 Å². The van der Waals surface area contributed by atoms with Crippen molar-refractivity contribution in [3.05, 3.63) is 29.8 Å². The molecule has 0 saturated carbocycles. The van der Waals surface area contributed by atoms with Crippen LogP contribution in [0.3, 0.4) is 0 Å². The molecule has 0 radical (unpaired) electrons. The Morgan fingerprint density at radius 2 is 1.87 bits per heavy atom. The Balaban J connectivity index is 2.59. The summed E-state index contributed by atoms with van der Waals surface area (Å²) in [5.41, 5.74) is 1.29. The Labute approximate surface area is 92.9 Å². The minimum atomic E-state index is 0.514. The lowest BCUT2D eigenvalue weighted by molar-refractivity contribution is 0.259. The third-order valence-electron chi connectivity index (χ3n) is 2.34. The highest BCUT2D eigenvalue weighted by atomic mass is 16.5. The van der Waals surface area contributed by atoms with Gasteiger partial charge in [0.25, 0.3) is 0 Å². The maximum absolute atomic E-state index is 5.77. The Hall–Kier alpha value is -1.02. The Kier molecular flexibility index (Phi) is 4.63. The normalized spacial score (nSPS) is 11.1. The van der Waals surface area contributed by atoms with Crippen molar-refractivity contribution in [1.29, 1.82) is 0 Å². The second-order valence-electron chi connectivity index (χ2n) is 4.34. The molecule has 0 N–H and O–H groups in total. The summed E-state index contributed by atoms with van der Waals surface area (Å²) in [6.45, 7) is 6.07. The quantitative estimate of drug-likeness (QED) is 0.736. The third kappa shape index (κ3) is 3.92. The number of nitrogens with zero attached hydrogens (tertiary/aromatic N) is 1. The minimum Gasteiger partial charge on any atom is -0.492 e. The molecule has 0 aliphatic rings. The van der Waals surface area contributed by atoms with Crippen molar-refractivity contribution in [1.82, 2.24) is 4.90 Å². The molecule has 84 valence electrons. The zero-order valence-corrected chi connectivity index (χ0v) is 10.2. The predicted molar refractivity (Wildman–Crippen MR) is 64.6 cm³/mol. The first kappa shape index (κ1) is 12.1. The van der Waals surface area contributed by atoms with E-state index in [1.54, 1.807) is 0 Å². The van der Waals surface area contributed by atoms with Gasteiger partial charge in [0, 0.05) is 6.54 Å². The molecule has 0 atom stereocenters. The molecule has 1 aromatic rings. The number of para-hydroxylation sites is 1. The van der Waals surface area contributed by atoms with Crippen LogP contribution in [0.25, 0.3) is 0 Å². The fourth-order valence-corrected chi connectivity index (χ4v) is 1.43. The van der Waals surface area contributed by atoms with Gasteiger partial charge in [-0.05, 0) is 31.6 Å². The van der Waals surface area contributed by atoms with Gasteiger partial charge in [-0.2, -0.15) is 0 Å². The van der Waals surface area contributed by atoms with Crippen molar-refractivity contribution in [2.45, 2.75) is 19.8 Å². The van der Waals surface area contributed by atoms with Gasteiger partial charge in [-0.3, -0.25) is 0 Å². The number of hydrogen-bond acceptors (Lipinski definition) is 2. The van der Waals surface area contributed by atoms with Gasteiger partial charge in [0.2, 0.25) is 0 Å². The van der Waals surface area contributed by atoms with Gasteiger partial charge in [0.1, 0.15) is 12.4 Å². The van der Waals surface area contributed by atoms with Gasteiger partial charge in [-0.1, -0.05) is 32.0 Å². The van der Waals surface area contributed by atoms with E-state index in [4.69, 9.17) is 4.74 Å². The highest BCUT2D eigenvalue weighted by Gasteiger charge is 2.06. The van der Waals surface area contributed by atoms with Crippen molar-refractivity contribution in [3.8, 4) is 5.75 Å². The van der Waals surface area contributed by atoms with E-state index in [1.807, 2.05) is 12.1 Å². The molecular formula is C13H21NO. The summed E-state index contributed by atoms with van der Waals surface area (Å²) in [4.78, 5) is 2.12. The van der Waals surface area contributed by atoms with Crippen LogP contribution in [-0.4, -0.2) is 32.1 Å². The fraction of sp³-hybridized carbons (Fsp3) is 0.538. The van der Waals surface area contributed by atoms with Gasteiger partial charge < -0.3 is 9.64 Å². The zero-order valence-electron chi connectivity index (χ0n) is 10.2. The summed E-state index contributed by atoms with van der Waals surface area (Å²) >= 11 is 0. The largest absolute Gasteiger partial charge is 0.492 e. The average Bonchev–Trinajstić information content (AvgIpc) is 2.17. The van der Waals surface area contributed by atoms with E-state index in [9.17, 15) is 0 Å². The van der Waals surface area contributed by atoms with Gasteiger partial charge in [-0.25, -0.2) is 0 Å². The van der Waals surface area contributed by atoms with Crippen molar-refractivity contribution in [2.24, 2.45) is 0 Å². The molecule has 0 unspecified atom stereocenters. The van der Waals surface area contributed by atoms with Crippen molar-refractivity contribution < 1.29 is 4.74 Å². The average molecular weight is 207 g/mol. The molecule has 0 bridgehead atoms. The number of hydrogen-bond donors (Lipinski definition) is 0. The summed E-state index contributed by atoms with van der Waals surface area (Å²) < 4.78 is 5.77. The molecule has 1 rings (SSSR count). The first-order valence-corrected chi connectivity index (χ1v) is 5.47. The Bertz CT molecular complexity index is 294. The molecule has 0 aliphatic carbocycles. The van der Waals surface area contributed by atoms with Crippen LogP contribution in [0, 0.1) is 0 Å². The molecule has 0 heterocycles. The number of ether oxygens (including phenoxy) is 1. The molecule has 2 nitrogen and oxygen atoms in total. The maximum Gasteiger partial charge on any atom is 0.122 e. The monoisotopic (exact) mass is 207 g/mol. The summed E-state index contributed by atoms with van der Waals surface area (Å²) in [7, 11) is 4.11. The summed E-state index contributed by atoms with van der Waals surface area (Å²) in [5.74, 6) is 1.54. The highest BCUT2D eigenvalue weighted by molar-refractivity contribution is 5.35. The number of rotatable bonds is 5. The van der Waals surface area contributed by atoms with Gasteiger partial charge in [0.05, 0.1) is 0 Å². The first-order valence-electron chi connectivity index (χ1n) is 5.47. The zero-order chi connectivity index (χ0) is 11.3. The second-order valence-corrected chi connectivity index (χ2v) is 4.34. The van der Waals surface area contributed by atoms with E-state index < -0.39 is 0 Å². The smallest absolute Gasteiger partial charge is 0.122 e. The van der Waals surface area contributed by atoms with E-state index in [-0.39, 0.29) is 0 Å². The topological polar surface area (TPSA) is 12.5 Å². The number of benzene rings is 1. The highest BCUT2D eigenvalue weighted by Crippen LogP contribution is 2.25. The first-order chi connectivity index (χ1) is 7.11. The second kappa shape index (κ2) is 5.76. The lowest BCUT2D eigenvalue weighted by atomic mass is 10.0. The van der Waals surface area contributed by atoms with Crippen LogP contribution < -0.4 is 4.74 Å². The van der Waals surface area contributed by atoms with Crippen LogP contribution in [0.2, 0.25) is 0 Å². The summed E-state index contributed by atoms with van der Waals surface area (Å²) in [6, 6.07) is 8.27. The Morgan fingerprint density at radius 1 is 1.20 bits per heavy atom. The predicted octanol–water partition coefficient (Wildman–Crippen LogP) is 2.75. The van der Waals surface area contributed by atoms with E-state index in [1.165, 1.54) is 5.56 Å². The molecular weight excluding hydrogens is 186 g/mol. The fourth-order valence-electron chi connectivity index (χ4n) is 1.43. The van der Waals surface area contributed by atoms with Gasteiger partial charge in [0.15, 0.2) is 0 Å². The molecule has 0 spiro atoms. The summed E-state index contributed by atoms with van der Waals surface area (Å²) in [5, 5.41) is 0. The number of likely N-dealkylation sites (N-methyl/N-ethyl adjacent to an activating group) is 1. The molecule has 0 fully saturated rings. The molecule has 0 saturated heterocycles. The SMILES string of the molecule is CC(C)c1ccccc1OCCN(C)C.